The lowest BCUT2D eigenvalue weighted by molar-refractivity contribution is 0.102. The number of para-hydroxylation sites is 2. The minimum absolute atomic E-state index is 0.255. The van der Waals surface area contributed by atoms with E-state index in [1.165, 1.54) is 0 Å². The molecule has 5 nitrogen and oxygen atoms in total. The van der Waals surface area contributed by atoms with Gasteiger partial charge in [-0.1, -0.05) is 19.1 Å². The van der Waals surface area contributed by atoms with E-state index in [-0.39, 0.29) is 5.91 Å². The Balaban J connectivity index is 2.06. The largest absolute Gasteiger partial charge is 0.492 e. The van der Waals surface area contributed by atoms with E-state index in [0.29, 0.717) is 23.7 Å². The summed E-state index contributed by atoms with van der Waals surface area (Å²) in [6.45, 7) is 5.43. The van der Waals surface area contributed by atoms with E-state index in [4.69, 9.17) is 4.74 Å². The third-order valence-corrected chi connectivity index (χ3v) is 3.01. The van der Waals surface area contributed by atoms with Crippen LogP contribution >= 0.6 is 0 Å². The second-order valence-corrected chi connectivity index (χ2v) is 4.74. The number of carbonyl (C=O) groups excluding carboxylic acids is 1. The molecule has 0 unspecified atom stereocenters. The number of anilines is 2. The molecule has 0 bridgehead atoms. The van der Waals surface area contributed by atoms with Crippen molar-refractivity contribution in [2.45, 2.75) is 20.3 Å². The highest BCUT2D eigenvalue weighted by atomic mass is 16.5. The SMILES string of the molecule is CCCNc1ccc(C(=O)Nc2ccccc2OCC)nc1. The van der Waals surface area contributed by atoms with Crippen LogP contribution in [0.1, 0.15) is 30.8 Å². The fraction of sp³-hybridized carbons (Fsp3) is 0.294. The normalized spacial score (nSPS) is 10.1. The number of pyridine rings is 1. The van der Waals surface area contributed by atoms with E-state index in [9.17, 15) is 4.79 Å². The standard InChI is InChI=1S/C17H21N3O2/c1-3-11-18-13-9-10-15(19-12-13)17(21)20-14-7-5-6-8-16(14)22-4-2/h5-10,12,18H,3-4,11H2,1-2H3,(H,20,21). The summed E-state index contributed by atoms with van der Waals surface area (Å²) in [5.41, 5.74) is 1.92. The summed E-state index contributed by atoms with van der Waals surface area (Å²) >= 11 is 0. The number of rotatable bonds is 7. The lowest BCUT2D eigenvalue weighted by atomic mass is 10.2. The number of carbonyl (C=O) groups is 1. The van der Waals surface area contributed by atoms with Gasteiger partial charge in [0.05, 0.1) is 24.2 Å². The molecule has 0 radical (unpaired) electrons. The molecule has 1 aromatic heterocycles. The molecule has 2 rings (SSSR count). The molecular weight excluding hydrogens is 278 g/mol. The summed E-state index contributed by atoms with van der Waals surface area (Å²) in [7, 11) is 0. The molecule has 1 amide bonds. The van der Waals surface area contributed by atoms with Gasteiger partial charge in [-0.2, -0.15) is 0 Å². The number of benzene rings is 1. The van der Waals surface area contributed by atoms with Crippen LogP contribution in [0.25, 0.3) is 0 Å². The lowest BCUT2D eigenvalue weighted by Gasteiger charge is -2.11. The molecule has 1 aromatic carbocycles. The van der Waals surface area contributed by atoms with Gasteiger partial charge in [0, 0.05) is 6.54 Å². The van der Waals surface area contributed by atoms with Crippen LogP contribution < -0.4 is 15.4 Å². The molecule has 116 valence electrons. The van der Waals surface area contributed by atoms with E-state index in [0.717, 1.165) is 18.7 Å². The van der Waals surface area contributed by atoms with E-state index in [1.54, 1.807) is 18.3 Å². The fourth-order valence-electron chi connectivity index (χ4n) is 1.94. The average Bonchev–Trinajstić information content (AvgIpc) is 2.55. The lowest BCUT2D eigenvalue weighted by Crippen LogP contribution is -2.14. The Bertz CT molecular complexity index is 612. The first kappa shape index (κ1) is 15.8. The van der Waals surface area contributed by atoms with Gasteiger partial charge in [0.15, 0.2) is 0 Å². The molecule has 1 heterocycles. The van der Waals surface area contributed by atoms with Gasteiger partial charge in [-0.05, 0) is 37.6 Å². The number of hydrogen-bond acceptors (Lipinski definition) is 4. The first-order chi connectivity index (χ1) is 10.7. The van der Waals surface area contributed by atoms with Crippen LogP contribution in [0.4, 0.5) is 11.4 Å². The Morgan fingerprint density at radius 1 is 1.18 bits per heavy atom. The number of nitrogens with zero attached hydrogens (tertiary/aromatic N) is 1. The van der Waals surface area contributed by atoms with Crippen LogP contribution in [0, 0.1) is 0 Å². The van der Waals surface area contributed by atoms with Crippen molar-refractivity contribution in [1.29, 1.82) is 0 Å². The van der Waals surface area contributed by atoms with Gasteiger partial charge in [0.25, 0.3) is 5.91 Å². The van der Waals surface area contributed by atoms with Gasteiger partial charge in [0.2, 0.25) is 0 Å². The van der Waals surface area contributed by atoms with Crippen molar-refractivity contribution in [2.24, 2.45) is 0 Å². The number of ether oxygens (including phenoxy) is 1. The van der Waals surface area contributed by atoms with E-state index >= 15 is 0 Å². The van der Waals surface area contributed by atoms with Crippen molar-refractivity contribution >= 4 is 17.3 Å². The highest BCUT2D eigenvalue weighted by Crippen LogP contribution is 2.24. The molecule has 0 aliphatic heterocycles. The van der Waals surface area contributed by atoms with Crippen molar-refractivity contribution < 1.29 is 9.53 Å². The summed E-state index contributed by atoms with van der Waals surface area (Å²) in [4.78, 5) is 16.4. The van der Waals surface area contributed by atoms with Crippen molar-refractivity contribution in [1.82, 2.24) is 4.98 Å². The van der Waals surface area contributed by atoms with Crippen molar-refractivity contribution in [3.8, 4) is 5.75 Å². The second kappa shape index (κ2) is 8.02. The predicted molar refractivity (Wildman–Crippen MR) is 88.6 cm³/mol. The number of hydrogen-bond donors (Lipinski definition) is 2. The topological polar surface area (TPSA) is 63.2 Å². The smallest absolute Gasteiger partial charge is 0.274 e. The zero-order chi connectivity index (χ0) is 15.8. The fourth-order valence-corrected chi connectivity index (χ4v) is 1.94. The minimum atomic E-state index is -0.255. The molecule has 0 aliphatic carbocycles. The molecule has 22 heavy (non-hydrogen) atoms. The van der Waals surface area contributed by atoms with Crippen LogP contribution in [-0.2, 0) is 0 Å². The van der Waals surface area contributed by atoms with Gasteiger partial charge < -0.3 is 15.4 Å². The summed E-state index contributed by atoms with van der Waals surface area (Å²) in [6, 6.07) is 10.9. The zero-order valence-corrected chi connectivity index (χ0v) is 12.9. The van der Waals surface area contributed by atoms with E-state index in [2.05, 4.69) is 22.5 Å². The Labute approximate surface area is 130 Å². The molecule has 0 spiro atoms. The quantitative estimate of drug-likeness (QED) is 0.820. The van der Waals surface area contributed by atoms with Crippen molar-refractivity contribution in [2.75, 3.05) is 23.8 Å². The third kappa shape index (κ3) is 4.22. The van der Waals surface area contributed by atoms with Crippen LogP contribution in [0.2, 0.25) is 0 Å². The summed E-state index contributed by atoms with van der Waals surface area (Å²) in [6.07, 6.45) is 2.70. The molecule has 0 saturated heterocycles. The summed E-state index contributed by atoms with van der Waals surface area (Å²) in [5, 5.41) is 6.05. The summed E-state index contributed by atoms with van der Waals surface area (Å²) < 4.78 is 5.49. The Morgan fingerprint density at radius 2 is 2.00 bits per heavy atom. The number of amides is 1. The van der Waals surface area contributed by atoms with Crippen molar-refractivity contribution in [3.63, 3.8) is 0 Å². The van der Waals surface area contributed by atoms with Gasteiger partial charge >= 0.3 is 0 Å². The van der Waals surface area contributed by atoms with Crippen LogP contribution in [0.15, 0.2) is 42.6 Å². The highest BCUT2D eigenvalue weighted by Gasteiger charge is 2.10. The molecule has 2 aromatic rings. The maximum atomic E-state index is 12.2. The minimum Gasteiger partial charge on any atom is -0.492 e. The molecule has 0 saturated carbocycles. The zero-order valence-electron chi connectivity index (χ0n) is 12.9. The van der Waals surface area contributed by atoms with E-state index < -0.39 is 0 Å². The predicted octanol–water partition coefficient (Wildman–Crippen LogP) is 3.55. The summed E-state index contributed by atoms with van der Waals surface area (Å²) in [5.74, 6) is 0.397. The van der Waals surface area contributed by atoms with Gasteiger partial charge in [-0.25, -0.2) is 4.98 Å². The molecule has 0 fully saturated rings. The monoisotopic (exact) mass is 299 g/mol. The Hall–Kier alpha value is -2.56. The third-order valence-electron chi connectivity index (χ3n) is 3.01. The van der Waals surface area contributed by atoms with E-state index in [1.807, 2.05) is 31.2 Å². The Kier molecular flexibility index (Phi) is 5.77. The number of nitrogens with one attached hydrogen (secondary N) is 2. The van der Waals surface area contributed by atoms with Gasteiger partial charge in [-0.3, -0.25) is 4.79 Å². The number of aromatic nitrogens is 1. The van der Waals surface area contributed by atoms with Crippen LogP contribution in [-0.4, -0.2) is 24.0 Å². The maximum absolute atomic E-state index is 12.2. The van der Waals surface area contributed by atoms with Crippen LogP contribution in [0.5, 0.6) is 5.75 Å². The molecule has 0 atom stereocenters. The molecule has 2 N–H and O–H groups in total. The van der Waals surface area contributed by atoms with Gasteiger partial charge in [0.1, 0.15) is 11.4 Å². The Morgan fingerprint density at radius 3 is 2.68 bits per heavy atom. The second-order valence-electron chi connectivity index (χ2n) is 4.74. The van der Waals surface area contributed by atoms with Crippen LogP contribution in [0.3, 0.4) is 0 Å². The molecular formula is C17H21N3O2. The first-order valence-electron chi connectivity index (χ1n) is 7.47. The van der Waals surface area contributed by atoms with Crippen molar-refractivity contribution in [3.05, 3.63) is 48.3 Å². The van der Waals surface area contributed by atoms with Gasteiger partial charge in [-0.15, -0.1) is 0 Å². The maximum Gasteiger partial charge on any atom is 0.274 e. The molecule has 5 heteroatoms. The average molecular weight is 299 g/mol. The molecule has 0 aliphatic rings. The highest BCUT2D eigenvalue weighted by molar-refractivity contribution is 6.03. The first-order valence-corrected chi connectivity index (χ1v) is 7.47.